The maximum Gasteiger partial charge on any atom is 0.271 e. The second-order valence-electron chi connectivity index (χ2n) is 5.70. The van der Waals surface area contributed by atoms with Gasteiger partial charge in [-0.2, -0.15) is 0 Å². The van der Waals surface area contributed by atoms with Gasteiger partial charge in [-0.15, -0.1) is 5.10 Å². The molecular weight excluding hydrogens is 280 g/mol. The van der Waals surface area contributed by atoms with Crippen LogP contribution < -0.4 is 10.1 Å². The molecule has 22 heavy (non-hydrogen) atoms. The summed E-state index contributed by atoms with van der Waals surface area (Å²) < 4.78 is 6.95. The smallest absolute Gasteiger partial charge is 0.271 e. The van der Waals surface area contributed by atoms with Gasteiger partial charge in [0, 0.05) is 12.1 Å². The van der Waals surface area contributed by atoms with E-state index in [1.807, 2.05) is 6.92 Å². The summed E-state index contributed by atoms with van der Waals surface area (Å²) in [6.45, 7) is 2.47. The lowest BCUT2D eigenvalue weighted by molar-refractivity contribution is 0.0929. The number of fused-ring (bicyclic) bond motifs is 1. The van der Waals surface area contributed by atoms with Crippen molar-refractivity contribution in [1.82, 2.24) is 19.9 Å². The van der Waals surface area contributed by atoms with Crippen LogP contribution in [-0.4, -0.2) is 33.2 Å². The molecule has 2 aromatic rings. The Morgan fingerprint density at radius 3 is 2.82 bits per heavy atom. The predicted molar refractivity (Wildman–Crippen MR) is 83.1 cm³/mol. The Hall–Kier alpha value is -2.11. The summed E-state index contributed by atoms with van der Waals surface area (Å²) in [4.78, 5) is 16.7. The Morgan fingerprint density at radius 2 is 2.09 bits per heavy atom. The molecule has 118 valence electrons. The van der Waals surface area contributed by atoms with E-state index >= 15 is 0 Å². The van der Waals surface area contributed by atoms with E-state index in [9.17, 15) is 4.79 Å². The first-order valence-electron chi connectivity index (χ1n) is 8.06. The fourth-order valence-corrected chi connectivity index (χ4v) is 2.88. The number of amides is 1. The van der Waals surface area contributed by atoms with Gasteiger partial charge in [0.1, 0.15) is 5.69 Å². The molecule has 0 bridgehead atoms. The molecule has 2 heterocycles. The standard InChI is InChI=1S/C16H22N4O2/c1-2-22-15-10-9-14-18-13(11-20(14)19-15)16(21)17-12-7-5-3-4-6-8-12/h9-12H,2-8H2,1H3,(H,17,21). The third kappa shape index (κ3) is 3.37. The van der Waals surface area contributed by atoms with Gasteiger partial charge in [-0.25, -0.2) is 9.50 Å². The number of imidazole rings is 1. The lowest BCUT2D eigenvalue weighted by Gasteiger charge is -2.14. The molecule has 1 aliphatic rings. The summed E-state index contributed by atoms with van der Waals surface area (Å²) in [7, 11) is 0. The molecule has 1 amide bonds. The van der Waals surface area contributed by atoms with E-state index in [1.54, 1.807) is 22.8 Å². The van der Waals surface area contributed by atoms with E-state index in [2.05, 4.69) is 15.4 Å². The molecule has 2 aromatic heterocycles. The Bertz CT molecular complexity index is 645. The van der Waals surface area contributed by atoms with Crippen LogP contribution in [0.15, 0.2) is 18.3 Å². The Kier molecular flexibility index (Phi) is 4.56. The minimum atomic E-state index is -0.115. The average molecular weight is 302 g/mol. The highest BCUT2D eigenvalue weighted by Gasteiger charge is 2.18. The van der Waals surface area contributed by atoms with E-state index in [0.717, 1.165) is 12.8 Å². The molecule has 0 aromatic carbocycles. The third-order valence-electron chi connectivity index (χ3n) is 4.01. The molecule has 1 fully saturated rings. The molecule has 0 aliphatic heterocycles. The number of rotatable bonds is 4. The zero-order valence-corrected chi connectivity index (χ0v) is 12.9. The largest absolute Gasteiger partial charge is 0.477 e. The molecule has 3 rings (SSSR count). The van der Waals surface area contributed by atoms with Crippen LogP contribution in [0.3, 0.4) is 0 Å². The monoisotopic (exact) mass is 302 g/mol. The van der Waals surface area contributed by atoms with Gasteiger partial charge in [0.15, 0.2) is 5.65 Å². The molecule has 6 heteroatoms. The van der Waals surface area contributed by atoms with Crippen molar-refractivity contribution in [3.05, 3.63) is 24.0 Å². The highest BCUT2D eigenvalue weighted by molar-refractivity contribution is 5.93. The van der Waals surface area contributed by atoms with Gasteiger partial charge >= 0.3 is 0 Å². The molecule has 1 N–H and O–H groups in total. The predicted octanol–water partition coefficient (Wildman–Crippen LogP) is 2.58. The summed E-state index contributed by atoms with van der Waals surface area (Å²) in [6, 6.07) is 3.84. The molecule has 0 spiro atoms. The molecule has 0 unspecified atom stereocenters. The van der Waals surface area contributed by atoms with E-state index in [4.69, 9.17) is 4.74 Å². The van der Waals surface area contributed by atoms with Gasteiger partial charge in [-0.1, -0.05) is 25.7 Å². The van der Waals surface area contributed by atoms with Gasteiger partial charge in [0.25, 0.3) is 5.91 Å². The van der Waals surface area contributed by atoms with Crippen molar-refractivity contribution < 1.29 is 9.53 Å². The number of nitrogens with one attached hydrogen (secondary N) is 1. The fraction of sp³-hybridized carbons (Fsp3) is 0.562. The molecule has 1 aliphatic carbocycles. The van der Waals surface area contributed by atoms with E-state index in [1.165, 1.54) is 25.7 Å². The van der Waals surface area contributed by atoms with Crippen molar-refractivity contribution in [3.8, 4) is 5.88 Å². The molecule has 0 saturated heterocycles. The Balaban J connectivity index is 1.72. The summed E-state index contributed by atoms with van der Waals surface area (Å²) in [6.07, 6.45) is 8.70. The maximum absolute atomic E-state index is 12.4. The first-order valence-corrected chi connectivity index (χ1v) is 8.06. The van der Waals surface area contributed by atoms with Crippen molar-refractivity contribution >= 4 is 11.6 Å². The Labute approximate surface area is 129 Å². The molecule has 0 radical (unpaired) electrons. The highest BCUT2D eigenvalue weighted by Crippen LogP contribution is 2.18. The van der Waals surface area contributed by atoms with Crippen LogP contribution in [0.2, 0.25) is 0 Å². The van der Waals surface area contributed by atoms with Crippen molar-refractivity contribution in [2.24, 2.45) is 0 Å². The van der Waals surface area contributed by atoms with Gasteiger partial charge in [0.2, 0.25) is 5.88 Å². The van der Waals surface area contributed by atoms with Crippen molar-refractivity contribution in [1.29, 1.82) is 0 Å². The highest BCUT2D eigenvalue weighted by atomic mass is 16.5. The summed E-state index contributed by atoms with van der Waals surface area (Å²) in [5.41, 5.74) is 1.06. The zero-order chi connectivity index (χ0) is 15.4. The third-order valence-corrected chi connectivity index (χ3v) is 4.01. The molecule has 6 nitrogen and oxygen atoms in total. The topological polar surface area (TPSA) is 68.5 Å². The van der Waals surface area contributed by atoms with E-state index in [-0.39, 0.29) is 11.9 Å². The minimum Gasteiger partial charge on any atom is -0.477 e. The second-order valence-corrected chi connectivity index (χ2v) is 5.70. The SMILES string of the molecule is CCOc1ccc2nc(C(=O)NC3CCCCCC3)cn2n1. The lowest BCUT2D eigenvalue weighted by atomic mass is 10.1. The van der Waals surface area contributed by atoms with Crippen molar-refractivity contribution in [2.75, 3.05) is 6.61 Å². The van der Waals surface area contributed by atoms with Crippen LogP contribution in [-0.2, 0) is 0 Å². The first kappa shape index (κ1) is 14.8. The fourth-order valence-electron chi connectivity index (χ4n) is 2.88. The van der Waals surface area contributed by atoms with Crippen LogP contribution in [0.25, 0.3) is 5.65 Å². The summed E-state index contributed by atoms with van der Waals surface area (Å²) in [5, 5.41) is 7.38. The number of hydrogen-bond acceptors (Lipinski definition) is 4. The van der Waals surface area contributed by atoms with Gasteiger partial charge in [-0.05, 0) is 25.8 Å². The first-order chi connectivity index (χ1) is 10.8. The molecule has 1 saturated carbocycles. The zero-order valence-electron chi connectivity index (χ0n) is 12.9. The summed E-state index contributed by atoms with van der Waals surface area (Å²) >= 11 is 0. The van der Waals surface area contributed by atoms with Crippen molar-refractivity contribution in [2.45, 2.75) is 51.5 Å². The van der Waals surface area contributed by atoms with Crippen LogP contribution in [0.5, 0.6) is 5.88 Å². The van der Waals surface area contributed by atoms with Crippen LogP contribution in [0, 0.1) is 0 Å². The van der Waals surface area contributed by atoms with Gasteiger partial charge in [0.05, 0.1) is 12.8 Å². The summed E-state index contributed by atoms with van der Waals surface area (Å²) in [5.74, 6) is 0.415. The number of carbonyl (C=O) groups excluding carboxylic acids is 1. The van der Waals surface area contributed by atoms with E-state index in [0.29, 0.717) is 23.8 Å². The molecule has 0 atom stereocenters. The lowest BCUT2D eigenvalue weighted by Crippen LogP contribution is -2.34. The number of nitrogens with zero attached hydrogens (tertiary/aromatic N) is 3. The van der Waals surface area contributed by atoms with Crippen LogP contribution in [0.1, 0.15) is 55.9 Å². The number of hydrogen-bond donors (Lipinski definition) is 1. The van der Waals surface area contributed by atoms with Gasteiger partial charge < -0.3 is 10.1 Å². The van der Waals surface area contributed by atoms with Crippen LogP contribution in [0.4, 0.5) is 0 Å². The van der Waals surface area contributed by atoms with Gasteiger partial charge in [-0.3, -0.25) is 4.79 Å². The number of aromatic nitrogens is 3. The molecular formula is C16H22N4O2. The number of ether oxygens (including phenoxy) is 1. The quantitative estimate of drug-likeness (QED) is 0.881. The van der Waals surface area contributed by atoms with E-state index < -0.39 is 0 Å². The maximum atomic E-state index is 12.4. The minimum absolute atomic E-state index is 0.115. The van der Waals surface area contributed by atoms with Crippen LogP contribution >= 0.6 is 0 Å². The second kappa shape index (κ2) is 6.77. The van der Waals surface area contributed by atoms with Crippen molar-refractivity contribution in [3.63, 3.8) is 0 Å². The Morgan fingerprint density at radius 1 is 1.32 bits per heavy atom. The normalized spacial score (nSPS) is 16.4. The number of carbonyl (C=O) groups is 1. The average Bonchev–Trinajstić information content (AvgIpc) is 2.77.